The van der Waals surface area contributed by atoms with Crippen molar-refractivity contribution in [2.45, 2.75) is 19.0 Å². The van der Waals surface area contributed by atoms with Crippen LogP contribution < -0.4 is 15.0 Å². The standard InChI is InChI=1S/C19H18ClF3N2O2/c1-27-17-7-5-13(20)11-14(17)18(26)24-15-10-12(19(21,22)23)4-6-16(15)25-8-2-3-9-25/h4-7,10-11H,2-3,8-9H2,1H3,(H,24,26). The molecule has 0 saturated carbocycles. The van der Waals surface area contributed by atoms with Crippen LogP contribution in [0.25, 0.3) is 0 Å². The van der Waals surface area contributed by atoms with Crippen molar-refractivity contribution < 1.29 is 22.7 Å². The monoisotopic (exact) mass is 398 g/mol. The van der Waals surface area contributed by atoms with Gasteiger partial charge in [-0.25, -0.2) is 0 Å². The third-order valence-electron chi connectivity index (χ3n) is 4.42. The van der Waals surface area contributed by atoms with E-state index in [1.807, 2.05) is 4.90 Å². The van der Waals surface area contributed by atoms with Crippen molar-refractivity contribution in [2.24, 2.45) is 0 Å². The van der Waals surface area contributed by atoms with Gasteiger partial charge in [-0.3, -0.25) is 4.79 Å². The highest BCUT2D eigenvalue weighted by Gasteiger charge is 2.32. The highest BCUT2D eigenvalue weighted by Crippen LogP contribution is 2.37. The van der Waals surface area contributed by atoms with Gasteiger partial charge < -0.3 is 15.0 Å². The topological polar surface area (TPSA) is 41.6 Å². The average molecular weight is 399 g/mol. The molecule has 8 heteroatoms. The fourth-order valence-corrected chi connectivity index (χ4v) is 3.27. The molecule has 1 fully saturated rings. The average Bonchev–Trinajstić information content (AvgIpc) is 3.15. The van der Waals surface area contributed by atoms with Crippen LogP contribution in [0.4, 0.5) is 24.5 Å². The maximum absolute atomic E-state index is 13.1. The first-order valence-electron chi connectivity index (χ1n) is 8.40. The maximum atomic E-state index is 13.1. The van der Waals surface area contributed by atoms with Crippen LogP contribution in [0.15, 0.2) is 36.4 Å². The van der Waals surface area contributed by atoms with Crippen LogP contribution in [0.5, 0.6) is 5.75 Å². The molecule has 0 atom stereocenters. The highest BCUT2D eigenvalue weighted by molar-refractivity contribution is 6.31. The zero-order chi connectivity index (χ0) is 19.6. The van der Waals surface area contributed by atoms with E-state index in [0.29, 0.717) is 10.7 Å². The van der Waals surface area contributed by atoms with E-state index in [-0.39, 0.29) is 17.0 Å². The molecule has 1 amide bonds. The SMILES string of the molecule is COc1ccc(Cl)cc1C(=O)Nc1cc(C(F)(F)F)ccc1N1CCCC1. The molecule has 4 nitrogen and oxygen atoms in total. The number of nitrogens with zero attached hydrogens (tertiary/aromatic N) is 1. The van der Waals surface area contributed by atoms with E-state index in [4.69, 9.17) is 16.3 Å². The van der Waals surface area contributed by atoms with Gasteiger partial charge in [-0.2, -0.15) is 13.2 Å². The molecule has 0 aliphatic carbocycles. The lowest BCUT2D eigenvalue weighted by atomic mass is 10.1. The fourth-order valence-electron chi connectivity index (χ4n) is 3.09. The predicted molar refractivity (Wildman–Crippen MR) is 98.8 cm³/mol. The summed E-state index contributed by atoms with van der Waals surface area (Å²) in [5, 5.41) is 2.92. The number of rotatable bonds is 4. The Kier molecular flexibility index (Phi) is 5.51. The summed E-state index contributed by atoms with van der Waals surface area (Å²) >= 11 is 5.95. The number of carbonyl (C=O) groups is 1. The molecular weight excluding hydrogens is 381 g/mol. The zero-order valence-electron chi connectivity index (χ0n) is 14.6. The molecule has 1 aliphatic heterocycles. The van der Waals surface area contributed by atoms with Crippen LogP contribution in [0.2, 0.25) is 5.02 Å². The first-order chi connectivity index (χ1) is 12.8. The van der Waals surface area contributed by atoms with Gasteiger partial charge in [-0.05, 0) is 49.2 Å². The van der Waals surface area contributed by atoms with Crippen LogP contribution in [-0.4, -0.2) is 26.1 Å². The van der Waals surface area contributed by atoms with E-state index in [0.717, 1.165) is 38.1 Å². The summed E-state index contributed by atoms with van der Waals surface area (Å²) in [4.78, 5) is 14.7. The van der Waals surface area contributed by atoms with Crippen LogP contribution >= 0.6 is 11.6 Å². The molecule has 0 aromatic heterocycles. The lowest BCUT2D eigenvalue weighted by molar-refractivity contribution is -0.137. The van der Waals surface area contributed by atoms with Gasteiger partial charge in [0.15, 0.2) is 0 Å². The number of amides is 1. The second-order valence-electron chi connectivity index (χ2n) is 6.22. The van der Waals surface area contributed by atoms with E-state index in [1.54, 1.807) is 6.07 Å². The van der Waals surface area contributed by atoms with Crippen LogP contribution in [0.3, 0.4) is 0 Å². The summed E-state index contributed by atoms with van der Waals surface area (Å²) < 4.78 is 44.6. The molecule has 2 aromatic rings. The fraction of sp³-hybridized carbons (Fsp3) is 0.316. The summed E-state index contributed by atoms with van der Waals surface area (Å²) in [6, 6.07) is 7.91. The molecule has 144 valence electrons. The molecule has 3 rings (SSSR count). The number of ether oxygens (including phenoxy) is 1. The summed E-state index contributed by atoms with van der Waals surface area (Å²) in [6.07, 6.45) is -2.59. The molecule has 0 spiro atoms. The quantitative estimate of drug-likeness (QED) is 0.767. The van der Waals surface area contributed by atoms with Gasteiger partial charge in [0.05, 0.1) is 29.6 Å². The largest absolute Gasteiger partial charge is 0.496 e. The van der Waals surface area contributed by atoms with Crippen molar-refractivity contribution in [3.63, 3.8) is 0 Å². The van der Waals surface area contributed by atoms with Crippen LogP contribution in [0.1, 0.15) is 28.8 Å². The summed E-state index contributed by atoms with van der Waals surface area (Å²) in [5.41, 5.74) is 0.00203. The molecule has 1 aliphatic rings. The van der Waals surface area contributed by atoms with E-state index in [2.05, 4.69) is 5.32 Å². The molecule has 1 N–H and O–H groups in total. The number of anilines is 2. The van der Waals surface area contributed by atoms with Crippen molar-refractivity contribution in [2.75, 3.05) is 30.4 Å². The number of methoxy groups -OCH3 is 1. The van der Waals surface area contributed by atoms with Crippen molar-refractivity contribution in [3.8, 4) is 5.75 Å². The van der Waals surface area contributed by atoms with Crippen molar-refractivity contribution >= 4 is 28.9 Å². The number of alkyl halides is 3. The van der Waals surface area contributed by atoms with E-state index in [1.165, 1.54) is 25.3 Å². The molecule has 0 radical (unpaired) electrons. The Bertz CT molecular complexity index is 849. The smallest absolute Gasteiger partial charge is 0.416 e. The number of carbonyl (C=O) groups excluding carboxylic acids is 1. The molecule has 1 saturated heterocycles. The summed E-state index contributed by atoms with van der Waals surface area (Å²) in [5.74, 6) is -0.305. The van der Waals surface area contributed by atoms with Gasteiger partial charge in [-0.15, -0.1) is 0 Å². The van der Waals surface area contributed by atoms with Crippen molar-refractivity contribution in [1.82, 2.24) is 0 Å². The van der Waals surface area contributed by atoms with Crippen molar-refractivity contribution in [1.29, 1.82) is 0 Å². The second-order valence-corrected chi connectivity index (χ2v) is 6.66. The minimum absolute atomic E-state index is 0.110. The minimum Gasteiger partial charge on any atom is -0.496 e. The van der Waals surface area contributed by atoms with Crippen molar-refractivity contribution in [3.05, 3.63) is 52.5 Å². The van der Waals surface area contributed by atoms with Crippen LogP contribution in [-0.2, 0) is 6.18 Å². The van der Waals surface area contributed by atoms with Gasteiger partial charge in [0.25, 0.3) is 5.91 Å². The predicted octanol–water partition coefficient (Wildman–Crippen LogP) is 5.22. The molecule has 27 heavy (non-hydrogen) atoms. The molecule has 0 bridgehead atoms. The number of benzene rings is 2. The third kappa shape index (κ3) is 4.30. The number of hydrogen-bond donors (Lipinski definition) is 1. The molecule has 0 unspecified atom stereocenters. The normalized spacial score (nSPS) is 14.3. The van der Waals surface area contributed by atoms with E-state index >= 15 is 0 Å². The Labute approximate surface area is 159 Å². The Morgan fingerprint density at radius 1 is 1.15 bits per heavy atom. The Hall–Kier alpha value is -2.41. The van der Waals surface area contributed by atoms with Gasteiger partial charge >= 0.3 is 6.18 Å². The van der Waals surface area contributed by atoms with Gasteiger partial charge in [-0.1, -0.05) is 11.6 Å². The minimum atomic E-state index is -4.50. The lowest BCUT2D eigenvalue weighted by Gasteiger charge is -2.23. The van der Waals surface area contributed by atoms with E-state index in [9.17, 15) is 18.0 Å². The highest BCUT2D eigenvalue weighted by atomic mass is 35.5. The first kappa shape index (κ1) is 19.4. The zero-order valence-corrected chi connectivity index (χ0v) is 15.3. The maximum Gasteiger partial charge on any atom is 0.416 e. The Balaban J connectivity index is 1.99. The van der Waals surface area contributed by atoms with E-state index < -0.39 is 17.6 Å². The van der Waals surface area contributed by atoms with Gasteiger partial charge in [0, 0.05) is 18.1 Å². The van der Waals surface area contributed by atoms with Crippen LogP contribution in [0, 0.1) is 0 Å². The van der Waals surface area contributed by atoms with Gasteiger partial charge in [0.2, 0.25) is 0 Å². The lowest BCUT2D eigenvalue weighted by Crippen LogP contribution is -2.22. The molecule has 1 heterocycles. The molecular formula is C19H18ClF3N2O2. The summed E-state index contributed by atoms with van der Waals surface area (Å²) in [7, 11) is 1.40. The second kappa shape index (κ2) is 7.68. The third-order valence-corrected chi connectivity index (χ3v) is 4.66. The Morgan fingerprint density at radius 2 is 1.85 bits per heavy atom. The Morgan fingerprint density at radius 3 is 2.48 bits per heavy atom. The number of hydrogen-bond acceptors (Lipinski definition) is 3. The first-order valence-corrected chi connectivity index (χ1v) is 8.78. The molecule has 2 aromatic carbocycles. The summed E-state index contributed by atoms with van der Waals surface area (Å²) in [6.45, 7) is 1.46. The van der Waals surface area contributed by atoms with Gasteiger partial charge in [0.1, 0.15) is 5.75 Å². The number of halogens is 4. The number of nitrogens with one attached hydrogen (secondary N) is 1.